The molecule has 0 spiro atoms. The van der Waals surface area contributed by atoms with Crippen molar-refractivity contribution in [3.05, 3.63) is 53.3 Å². The summed E-state index contributed by atoms with van der Waals surface area (Å²) in [5.74, 6) is 0. The van der Waals surface area contributed by atoms with Crippen molar-refractivity contribution in [2.75, 3.05) is 0 Å². The van der Waals surface area contributed by atoms with Gasteiger partial charge in [-0.25, -0.2) is 0 Å². The highest BCUT2D eigenvalue weighted by Gasteiger charge is 1.98. The fourth-order valence-corrected chi connectivity index (χ4v) is 1.52. The Morgan fingerprint density at radius 3 is 2.64 bits per heavy atom. The summed E-state index contributed by atoms with van der Waals surface area (Å²) in [5.41, 5.74) is 3.86. The van der Waals surface area contributed by atoms with Crippen molar-refractivity contribution in [1.82, 2.24) is 9.78 Å². The van der Waals surface area contributed by atoms with Crippen LogP contribution in [0.3, 0.4) is 0 Å². The van der Waals surface area contributed by atoms with E-state index in [0.29, 0.717) is 0 Å². The maximum Gasteiger partial charge on any atom is 0.0662 e. The van der Waals surface area contributed by atoms with E-state index in [1.54, 1.807) is 0 Å². The third kappa shape index (κ3) is 1.84. The minimum absolute atomic E-state index is 0.862. The molecule has 0 bridgehead atoms. The Morgan fingerprint density at radius 2 is 2.00 bits per heavy atom. The van der Waals surface area contributed by atoms with E-state index in [0.717, 1.165) is 6.54 Å². The molecule has 1 aromatic heterocycles. The van der Waals surface area contributed by atoms with Gasteiger partial charge in [-0.1, -0.05) is 24.3 Å². The van der Waals surface area contributed by atoms with Crippen molar-refractivity contribution in [1.29, 1.82) is 0 Å². The molecule has 0 aliphatic heterocycles. The largest absolute Gasteiger partial charge is 0.268 e. The second-order valence-corrected chi connectivity index (χ2v) is 3.64. The van der Waals surface area contributed by atoms with Crippen LogP contribution in [0.15, 0.2) is 36.7 Å². The van der Waals surface area contributed by atoms with Crippen molar-refractivity contribution in [3.8, 4) is 0 Å². The lowest BCUT2D eigenvalue weighted by Gasteiger charge is -2.04. The first-order valence-electron chi connectivity index (χ1n) is 4.79. The topological polar surface area (TPSA) is 17.8 Å². The summed E-state index contributed by atoms with van der Waals surface area (Å²) < 4.78 is 1.97. The SMILES string of the molecule is Cc1cnn(Cc2ccccc2C)c1. The first kappa shape index (κ1) is 9.00. The number of benzene rings is 1. The van der Waals surface area contributed by atoms with Gasteiger partial charge in [-0.15, -0.1) is 0 Å². The van der Waals surface area contributed by atoms with E-state index in [2.05, 4.69) is 49.4 Å². The predicted octanol–water partition coefficient (Wildman–Crippen LogP) is 2.55. The molecule has 2 rings (SSSR count). The minimum atomic E-state index is 0.862. The van der Waals surface area contributed by atoms with Gasteiger partial charge in [-0.3, -0.25) is 4.68 Å². The standard InChI is InChI=1S/C12H14N2/c1-10-7-13-14(8-10)9-12-6-4-3-5-11(12)2/h3-8H,9H2,1-2H3. The van der Waals surface area contributed by atoms with E-state index in [9.17, 15) is 0 Å². The summed E-state index contributed by atoms with van der Waals surface area (Å²) in [6.07, 6.45) is 3.95. The number of nitrogens with zero attached hydrogens (tertiary/aromatic N) is 2. The number of hydrogen-bond donors (Lipinski definition) is 0. The molecule has 0 saturated carbocycles. The fourth-order valence-electron chi connectivity index (χ4n) is 1.52. The van der Waals surface area contributed by atoms with Crippen molar-refractivity contribution in [2.45, 2.75) is 20.4 Å². The van der Waals surface area contributed by atoms with Crippen LogP contribution in [0.4, 0.5) is 0 Å². The van der Waals surface area contributed by atoms with E-state index in [4.69, 9.17) is 0 Å². The average Bonchev–Trinajstić information content (AvgIpc) is 2.56. The lowest BCUT2D eigenvalue weighted by Crippen LogP contribution is -2.01. The lowest BCUT2D eigenvalue weighted by molar-refractivity contribution is 0.683. The summed E-state index contributed by atoms with van der Waals surface area (Å²) in [6, 6.07) is 8.41. The van der Waals surface area contributed by atoms with Crippen LogP contribution in [0.1, 0.15) is 16.7 Å². The summed E-state index contributed by atoms with van der Waals surface area (Å²) in [4.78, 5) is 0. The lowest BCUT2D eigenvalue weighted by atomic mass is 10.1. The van der Waals surface area contributed by atoms with Gasteiger partial charge in [0, 0.05) is 6.20 Å². The number of aryl methyl sites for hydroxylation is 2. The summed E-state index contributed by atoms with van der Waals surface area (Å²) >= 11 is 0. The summed E-state index contributed by atoms with van der Waals surface area (Å²) in [7, 11) is 0. The van der Waals surface area contributed by atoms with Gasteiger partial charge in [0.2, 0.25) is 0 Å². The third-order valence-electron chi connectivity index (χ3n) is 2.36. The zero-order valence-corrected chi connectivity index (χ0v) is 8.57. The van der Waals surface area contributed by atoms with Gasteiger partial charge < -0.3 is 0 Å². The van der Waals surface area contributed by atoms with Crippen molar-refractivity contribution in [2.24, 2.45) is 0 Å². The Hall–Kier alpha value is -1.57. The molecular weight excluding hydrogens is 172 g/mol. The molecule has 72 valence electrons. The van der Waals surface area contributed by atoms with Gasteiger partial charge in [-0.2, -0.15) is 5.10 Å². The Balaban J connectivity index is 2.23. The molecule has 2 nitrogen and oxygen atoms in total. The van der Waals surface area contributed by atoms with Gasteiger partial charge in [0.05, 0.1) is 12.7 Å². The van der Waals surface area contributed by atoms with Crippen LogP contribution in [0.5, 0.6) is 0 Å². The van der Waals surface area contributed by atoms with Gasteiger partial charge in [0.1, 0.15) is 0 Å². The van der Waals surface area contributed by atoms with Crippen LogP contribution >= 0.6 is 0 Å². The Morgan fingerprint density at radius 1 is 1.21 bits per heavy atom. The quantitative estimate of drug-likeness (QED) is 0.704. The zero-order chi connectivity index (χ0) is 9.97. The first-order chi connectivity index (χ1) is 6.75. The van der Waals surface area contributed by atoms with Crippen LogP contribution in [-0.4, -0.2) is 9.78 Å². The molecule has 0 aliphatic rings. The Labute approximate surface area is 84.2 Å². The molecule has 14 heavy (non-hydrogen) atoms. The number of rotatable bonds is 2. The molecule has 2 aromatic rings. The summed E-state index contributed by atoms with van der Waals surface area (Å²) in [5, 5.41) is 4.27. The zero-order valence-electron chi connectivity index (χ0n) is 8.57. The van der Waals surface area contributed by atoms with E-state index in [-0.39, 0.29) is 0 Å². The van der Waals surface area contributed by atoms with Gasteiger partial charge >= 0.3 is 0 Å². The molecule has 0 atom stereocenters. The molecule has 0 amide bonds. The molecule has 1 heterocycles. The van der Waals surface area contributed by atoms with Crippen LogP contribution in [-0.2, 0) is 6.54 Å². The molecule has 0 fully saturated rings. The maximum atomic E-state index is 4.27. The molecular formula is C12H14N2. The average molecular weight is 186 g/mol. The first-order valence-corrected chi connectivity index (χ1v) is 4.79. The van der Waals surface area contributed by atoms with Crippen LogP contribution in [0.25, 0.3) is 0 Å². The molecule has 0 saturated heterocycles. The van der Waals surface area contributed by atoms with Gasteiger partial charge in [-0.05, 0) is 30.5 Å². The molecule has 1 aromatic carbocycles. The molecule has 0 N–H and O–H groups in total. The molecule has 0 unspecified atom stereocenters. The van der Waals surface area contributed by atoms with E-state index >= 15 is 0 Å². The minimum Gasteiger partial charge on any atom is -0.268 e. The smallest absolute Gasteiger partial charge is 0.0662 e. The van der Waals surface area contributed by atoms with Crippen molar-refractivity contribution < 1.29 is 0 Å². The number of hydrogen-bond acceptors (Lipinski definition) is 1. The highest BCUT2D eigenvalue weighted by Crippen LogP contribution is 2.08. The normalized spacial score (nSPS) is 10.4. The Bertz CT molecular complexity index is 429. The third-order valence-corrected chi connectivity index (χ3v) is 2.36. The van der Waals surface area contributed by atoms with Crippen LogP contribution in [0, 0.1) is 13.8 Å². The second-order valence-electron chi connectivity index (χ2n) is 3.64. The highest BCUT2D eigenvalue weighted by atomic mass is 15.3. The monoisotopic (exact) mass is 186 g/mol. The second kappa shape index (κ2) is 3.66. The fraction of sp³-hybridized carbons (Fsp3) is 0.250. The van der Waals surface area contributed by atoms with Crippen molar-refractivity contribution in [3.63, 3.8) is 0 Å². The van der Waals surface area contributed by atoms with Crippen LogP contribution in [0.2, 0.25) is 0 Å². The molecule has 0 radical (unpaired) electrons. The Kier molecular flexibility index (Phi) is 2.35. The van der Waals surface area contributed by atoms with E-state index in [1.807, 2.05) is 10.9 Å². The van der Waals surface area contributed by atoms with E-state index < -0.39 is 0 Å². The van der Waals surface area contributed by atoms with Crippen molar-refractivity contribution >= 4 is 0 Å². The van der Waals surface area contributed by atoms with Gasteiger partial charge in [0.15, 0.2) is 0 Å². The number of aromatic nitrogens is 2. The van der Waals surface area contributed by atoms with E-state index in [1.165, 1.54) is 16.7 Å². The highest BCUT2D eigenvalue weighted by molar-refractivity contribution is 5.25. The molecule has 2 heteroatoms. The molecule has 0 aliphatic carbocycles. The maximum absolute atomic E-state index is 4.27. The summed E-state index contributed by atoms with van der Waals surface area (Å²) in [6.45, 7) is 5.05. The van der Waals surface area contributed by atoms with Gasteiger partial charge in [0.25, 0.3) is 0 Å². The predicted molar refractivity (Wildman–Crippen MR) is 57.2 cm³/mol. The van der Waals surface area contributed by atoms with Crippen LogP contribution < -0.4 is 0 Å².